The van der Waals surface area contributed by atoms with Crippen molar-refractivity contribution in [3.63, 3.8) is 0 Å². The van der Waals surface area contributed by atoms with E-state index in [9.17, 15) is 9.59 Å². The molecule has 8 heteroatoms. The number of ether oxygens (including phenoxy) is 1. The van der Waals surface area contributed by atoms with Gasteiger partial charge in [-0.2, -0.15) is 0 Å². The summed E-state index contributed by atoms with van der Waals surface area (Å²) < 4.78 is 5.51. The average Bonchev–Trinajstić information content (AvgIpc) is 3.33. The average molecular weight is 422 g/mol. The molecular formula is C23H27N5O3. The van der Waals surface area contributed by atoms with Crippen LogP contribution in [0.1, 0.15) is 12.8 Å². The van der Waals surface area contributed by atoms with Crippen molar-refractivity contribution in [1.82, 2.24) is 19.8 Å². The molecule has 2 amide bonds. The normalized spacial score (nSPS) is 21.8. The molecule has 8 nitrogen and oxygen atoms in total. The third kappa shape index (κ3) is 4.12. The Morgan fingerprint density at radius 2 is 1.65 bits per heavy atom. The van der Waals surface area contributed by atoms with Gasteiger partial charge in [0.2, 0.25) is 5.91 Å². The summed E-state index contributed by atoms with van der Waals surface area (Å²) in [4.78, 5) is 40.0. The van der Waals surface area contributed by atoms with Crippen molar-refractivity contribution >= 4 is 17.6 Å². The fraction of sp³-hybridized carbons (Fsp3) is 0.478. The predicted molar refractivity (Wildman–Crippen MR) is 115 cm³/mol. The molecular weight excluding hydrogens is 394 g/mol. The van der Waals surface area contributed by atoms with Gasteiger partial charge in [-0.05, 0) is 12.8 Å². The van der Waals surface area contributed by atoms with Crippen molar-refractivity contribution in [2.75, 3.05) is 50.8 Å². The first-order chi connectivity index (χ1) is 15.2. The number of hydrogen-bond donors (Lipinski definition) is 0. The lowest BCUT2D eigenvalue weighted by Gasteiger charge is -2.43. The van der Waals surface area contributed by atoms with E-state index in [4.69, 9.17) is 4.74 Å². The van der Waals surface area contributed by atoms with Gasteiger partial charge in [0.25, 0.3) is 5.91 Å². The Labute approximate surface area is 181 Å². The van der Waals surface area contributed by atoms with Gasteiger partial charge in [-0.25, -0.2) is 9.97 Å². The molecule has 1 atom stereocenters. The van der Waals surface area contributed by atoms with Crippen LogP contribution >= 0.6 is 0 Å². The molecule has 0 bridgehead atoms. The van der Waals surface area contributed by atoms with Crippen molar-refractivity contribution < 1.29 is 14.3 Å². The molecule has 0 spiro atoms. The summed E-state index contributed by atoms with van der Waals surface area (Å²) in [6, 6.07) is 12.0. The smallest absolute Gasteiger partial charge is 0.251 e. The molecule has 3 fully saturated rings. The van der Waals surface area contributed by atoms with Crippen LogP contribution in [0.5, 0.6) is 0 Å². The number of benzene rings is 1. The number of nitrogens with zero attached hydrogens (tertiary/aromatic N) is 5. The minimum atomic E-state index is -0.281. The van der Waals surface area contributed by atoms with Crippen molar-refractivity contribution in [2.45, 2.75) is 18.9 Å². The highest BCUT2D eigenvalue weighted by atomic mass is 16.5. The summed E-state index contributed by atoms with van der Waals surface area (Å²) in [6.07, 6.45) is 3.06. The lowest BCUT2D eigenvalue weighted by Crippen LogP contribution is -2.59. The van der Waals surface area contributed by atoms with Gasteiger partial charge in [-0.3, -0.25) is 9.59 Å². The van der Waals surface area contributed by atoms with Gasteiger partial charge in [0.15, 0.2) is 0 Å². The molecule has 1 aromatic heterocycles. The molecule has 162 valence electrons. The second kappa shape index (κ2) is 8.63. The Hall–Kier alpha value is -3.00. The monoisotopic (exact) mass is 421 g/mol. The minimum Gasteiger partial charge on any atom is -0.368 e. The van der Waals surface area contributed by atoms with E-state index in [2.05, 4.69) is 14.9 Å². The van der Waals surface area contributed by atoms with Crippen LogP contribution in [0.2, 0.25) is 0 Å². The molecule has 3 saturated heterocycles. The number of rotatable bonds is 4. The van der Waals surface area contributed by atoms with E-state index in [0.29, 0.717) is 45.9 Å². The van der Waals surface area contributed by atoms with Crippen LogP contribution in [0.15, 0.2) is 42.7 Å². The highest BCUT2D eigenvalue weighted by Gasteiger charge is 2.38. The van der Waals surface area contributed by atoms with Crippen molar-refractivity contribution in [1.29, 1.82) is 0 Å². The maximum absolute atomic E-state index is 12.9. The van der Waals surface area contributed by atoms with E-state index in [1.807, 2.05) is 46.2 Å². The first-order valence-electron chi connectivity index (χ1n) is 11.0. The summed E-state index contributed by atoms with van der Waals surface area (Å²) in [5.74, 6) is 1.09. The van der Waals surface area contributed by atoms with E-state index < -0.39 is 0 Å². The second-order valence-corrected chi connectivity index (χ2v) is 8.38. The van der Waals surface area contributed by atoms with Gasteiger partial charge < -0.3 is 19.4 Å². The van der Waals surface area contributed by atoms with Crippen molar-refractivity contribution in [2.24, 2.45) is 5.92 Å². The Kier molecular flexibility index (Phi) is 5.55. The van der Waals surface area contributed by atoms with Crippen molar-refractivity contribution in [3.05, 3.63) is 42.7 Å². The Balaban J connectivity index is 1.13. The van der Waals surface area contributed by atoms with Gasteiger partial charge in [0.1, 0.15) is 18.2 Å². The van der Waals surface area contributed by atoms with Crippen LogP contribution in [0.4, 0.5) is 5.82 Å². The van der Waals surface area contributed by atoms with E-state index in [0.717, 1.165) is 29.9 Å². The van der Waals surface area contributed by atoms with E-state index in [1.165, 1.54) is 0 Å². The Morgan fingerprint density at radius 1 is 0.935 bits per heavy atom. The van der Waals surface area contributed by atoms with Gasteiger partial charge in [0, 0.05) is 57.5 Å². The summed E-state index contributed by atoms with van der Waals surface area (Å²) >= 11 is 0. The molecule has 1 unspecified atom stereocenters. The zero-order valence-electron chi connectivity index (χ0n) is 17.5. The topological polar surface area (TPSA) is 78.9 Å². The Bertz CT molecular complexity index is 933. The SMILES string of the molecule is O=C(C1CN(c2cc(-c3ccccc3)ncn2)C1)N1CCN(C(=O)C2CCCO2)CC1. The van der Waals surface area contributed by atoms with Crippen molar-refractivity contribution in [3.8, 4) is 11.3 Å². The molecule has 2 aromatic rings. The quantitative estimate of drug-likeness (QED) is 0.743. The highest BCUT2D eigenvalue weighted by Crippen LogP contribution is 2.27. The number of aromatic nitrogens is 2. The molecule has 3 aliphatic heterocycles. The minimum absolute atomic E-state index is 0.0180. The summed E-state index contributed by atoms with van der Waals surface area (Å²) in [7, 11) is 0. The second-order valence-electron chi connectivity index (χ2n) is 8.38. The zero-order chi connectivity index (χ0) is 21.2. The van der Waals surface area contributed by atoms with Gasteiger partial charge >= 0.3 is 0 Å². The molecule has 3 aliphatic rings. The van der Waals surface area contributed by atoms with Gasteiger partial charge in [-0.1, -0.05) is 30.3 Å². The van der Waals surface area contributed by atoms with E-state index in [-0.39, 0.29) is 23.8 Å². The summed E-state index contributed by atoms with van der Waals surface area (Å²) in [6.45, 7) is 4.38. The van der Waals surface area contributed by atoms with Crippen LogP contribution in [0.25, 0.3) is 11.3 Å². The fourth-order valence-corrected chi connectivity index (χ4v) is 4.49. The van der Waals surface area contributed by atoms with E-state index >= 15 is 0 Å². The molecule has 0 N–H and O–H groups in total. The molecule has 5 rings (SSSR count). The summed E-state index contributed by atoms with van der Waals surface area (Å²) in [5.41, 5.74) is 1.93. The number of carbonyl (C=O) groups is 2. The number of hydrogen-bond acceptors (Lipinski definition) is 6. The number of anilines is 1. The number of amides is 2. The van der Waals surface area contributed by atoms with E-state index in [1.54, 1.807) is 6.33 Å². The van der Waals surface area contributed by atoms with Crippen LogP contribution in [-0.2, 0) is 14.3 Å². The third-order valence-corrected chi connectivity index (χ3v) is 6.39. The van der Waals surface area contributed by atoms with Gasteiger partial charge in [-0.15, -0.1) is 0 Å². The van der Waals surface area contributed by atoms with Crippen LogP contribution in [0.3, 0.4) is 0 Å². The predicted octanol–water partition coefficient (Wildman–Crippen LogP) is 1.43. The lowest BCUT2D eigenvalue weighted by atomic mass is 9.97. The zero-order valence-corrected chi connectivity index (χ0v) is 17.5. The first-order valence-corrected chi connectivity index (χ1v) is 11.0. The lowest BCUT2D eigenvalue weighted by molar-refractivity contribution is -0.147. The van der Waals surface area contributed by atoms with Crippen LogP contribution in [-0.4, -0.2) is 83.6 Å². The van der Waals surface area contributed by atoms with Crippen LogP contribution in [0, 0.1) is 5.92 Å². The highest BCUT2D eigenvalue weighted by molar-refractivity contribution is 5.84. The molecule has 0 saturated carbocycles. The molecule has 31 heavy (non-hydrogen) atoms. The summed E-state index contributed by atoms with van der Waals surface area (Å²) in [5, 5.41) is 0. The largest absolute Gasteiger partial charge is 0.368 e. The standard InChI is InChI=1S/C23H27N5O3/c29-22(26-8-10-27(11-9-26)23(30)20-7-4-12-31-20)18-14-28(15-18)21-13-19(24-16-25-21)17-5-2-1-3-6-17/h1-3,5-6,13,16,18,20H,4,7-12,14-15H2. The molecule has 4 heterocycles. The molecule has 0 aliphatic carbocycles. The number of piperazine rings is 1. The fourth-order valence-electron chi connectivity index (χ4n) is 4.49. The third-order valence-electron chi connectivity index (χ3n) is 6.39. The molecule has 1 aromatic carbocycles. The maximum atomic E-state index is 12.9. The molecule has 0 radical (unpaired) electrons. The Morgan fingerprint density at radius 3 is 2.32 bits per heavy atom. The maximum Gasteiger partial charge on any atom is 0.251 e. The van der Waals surface area contributed by atoms with Crippen LogP contribution < -0.4 is 4.90 Å². The van der Waals surface area contributed by atoms with Gasteiger partial charge in [0.05, 0.1) is 11.6 Å². The number of carbonyl (C=O) groups excluding carboxylic acids is 2. The first kappa shape index (κ1) is 19.9.